The molecule has 1 fully saturated rings. The molecule has 1 aromatic rings. The summed E-state index contributed by atoms with van der Waals surface area (Å²) in [6, 6.07) is 7.67. The number of carbonyl (C=O) groups is 1. The topological polar surface area (TPSA) is 70.6 Å². The molecule has 116 valence electrons. The van der Waals surface area contributed by atoms with Crippen molar-refractivity contribution in [3.05, 3.63) is 29.8 Å². The van der Waals surface area contributed by atoms with Crippen LogP contribution in [0.25, 0.3) is 0 Å². The van der Waals surface area contributed by atoms with E-state index in [0.29, 0.717) is 0 Å². The van der Waals surface area contributed by atoms with Crippen LogP contribution in [0.3, 0.4) is 0 Å². The number of rotatable bonds is 6. The number of benzene rings is 1. The Balaban J connectivity index is 1.67. The maximum atomic E-state index is 11.9. The second-order valence-electron chi connectivity index (χ2n) is 5.55. The number of piperidine rings is 1. The third-order valence-corrected chi connectivity index (χ3v) is 3.65. The van der Waals surface area contributed by atoms with Gasteiger partial charge in [-0.25, -0.2) is 0 Å². The van der Waals surface area contributed by atoms with Gasteiger partial charge in [-0.3, -0.25) is 4.79 Å². The Kier molecular flexibility index (Phi) is 6.02. The number of aliphatic hydroxyl groups is 1. The minimum Gasteiger partial charge on any atom is -0.491 e. The number of hydrogen-bond donors (Lipinski definition) is 3. The first-order valence-electron chi connectivity index (χ1n) is 7.51. The molecule has 0 aromatic heterocycles. The minimum atomic E-state index is -0.698. The molecule has 5 nitrogen and oxygen atoms in total. The van der Waals surface area contributed by atoms with E-state index in [1.54, 1.807) is 0 Å². The van der Waals surface area contributed by atoms with E-state index in [1.807, 2.05) is 31.2 Å². The Morgan fingerprint density at radius 3 is 2.95 bits per heavy atom. The zero-order valence-corrected chi connectivity index (χ0v) is 12.5. The highest BCUT2D eigenvalue weighted by molar-refractivity contribution is 5.78. The molecular weight excluding hydrogens is 268 g/mol. The maximum absolute atomic E-state index is 11.9. The van der Waals surface area contributed by atoms with Gasteiger partial charge in [-0.1, -0.05) is 12.1 Å². The number of aliphatic hydroxyl groups excluding tert-OH is 1. The van der Waals surface area contributed by atoms with E-state index < -0.39 is 6.10 Å². The van der Waals surface area contributed by atoms with Crippen molar-refractivity contribution >= 4 is 5.91 Å². The summed E-state index contributed by atoms with van der Waals surface area (Å²) in [6.07, 6.45) is 1.03. The Labute approximate surface area is 125 Å². The molecule has 0 radical (unpaired) electrons. The highest BCUT2D eigenvalue weighted by Gasteiger charge is 2.21. The standard InChI is InChI=1S/C16H24N2O3/c1-12-3-2-4-15(9-12)21-11-14(19)10-18-16(20)13-5-7-17-8-6-13/h2-4,9,13-14,17,19H,5-8,10-11H2,1H3,(H,18,20). The van der Waals surface area contributed by atoms with Gasteiger partial charge < -0.3 is 20.5 Å². The Morgan fingerprint density at radius 1 is 1.48 bits per heavy atom. The number of amides is 1. The molecule has 1 heterocycles. The molecule has 0 spiro atoms. The summed E-state index contributed by atoms with van der Waals surface area (Å²) >= 11 is 0. The second kappa shape index (κ2) is 8.00. The smallest absolute Gasteiger partial charge is 0.223 e. The lowest BCUT2D eigenvalue weighted by molar-refractivity contribution is -0.126. The van der Waals surface area contributed by atoms with Gasteiger partial charge in [0.05, 0.1) is 0 Å². The van der Waals surface area contributed by atoms with Crippen molar-refractivity contribution < 1.29 is 14.6 Å². The van der Waals surface area contributed by atoms with Crippen LogP contribution in [0.5, 0.6) is 5.75 Å². The van der Waals surface area contributed by atoms with Crippen LogP contribution in [-0.4, -0.2) is 43.4 Å². The summed E-state index contributed by atoms with van der Waals surface area (Å²) in [7, 11) is 0. The van der Waals surface area contributed by atoms with Crippen molar-refractivity contribution in [3.8, 4) is 5.75 Å². The molecule has 1 amide bonds. The van der Waals surface area contributed by atoms with Crippen LogP contribution in [0.4, 0.5) is 0 Å². The number of ether oxygens (including phenoxy) is 1. The SMILES string of the molecule is Cc1cccc(OCC(O)CNC(=O)C2CCNCC2)c1. The lowest BCUT2D eigenvalue weighted by atomic mass is 9.97. The molecule has 1 unspecified atom stereocenters. The van der Waals surface area contributed by atoms with Gasteiger partial charge >= 0.3 is 0 Å². The number of hydrogen-bond acceptors (Lipinski definition) is 4. The van der Waals surface area contributed by atoms with E-state index in [4.69, 9.17) is 4.74 Å². The van der Waals surface area contributed by atoms with Gasteiger partial charge in [0.1, 0.15) is 18.5 Å². The van der Waals surface area contributed by atoms with Crippen LogP contribution in [-0.2, 0) is 4.79 Å². The van der Waals surface area contributed by atoms with E-state index in [-0.39, 0.29) is 25.0 Å². The molecule has 5 heteroatoms. The van der Waals surface area contributed by atoms with Crippen molar-refractivity contribution in [2.75, 3.05) is 26.2 Å². The van der Waals surface area contributed by atoms with E-state index in [1.165, 1.54) is 0 Å². The lowest BCUT2D eigenvalue weighted by Gasteiger charge is -2.22. The van der Waals surface area contributed by atoms with Gasteiger partial charge in [0.2, 0.25) is 5.91 Å². The van der Waals surface area contributed by atoms with Crippen LogP contribution < -0.4 is 15.4 Å². The van der Waals surface area contributed by atoms with Crippen LogP contribution >= 0.6 is 0 Å². The monoisotopic (exact) mass is 292 g/mol. The fourth-order valence-corrected chi connectivity index (χ4v) is 2.40. The average molecular weight is 292 g/mol. The molecule has 3 N–H and O–H groups in total. The molecule has 1 aliphatic rings. The summed E-state index contributed by atoms with van der Waals surface area (Å²) in [5, 5.41) is 15.9. The number of nitrogens with one attached hydrogen (secondary N) is 2. The highest BCUT2D eigenvalue weighted by Crippen LogP contribution is 2.13. The summed E-state index contributed by atoms with van der Waals surface area (Å²) in [5.74, 6) is 0.834. The van der Waals surface area contributed by atoms with Gasteiger partial charge in [0, 0.05) is 12.5 Å². The van der Waals surface area contributed by atoms with Crippen molar-refractivity contribution in [1.29, 1.82) is 0 Å². The summed E-state index contributed by atoms with van der Waals surface area (Å²) < 4.78 is 5.52. The van der Waals surface area contributed by atoms with Gasteiger partial charge in [0.15, 0.2) is 0 Å². The van der Waals surface area contributed by atoms with Crippen molar-refractivity contribution in [1.82, 2.24) is 10.6 Å². The number of aryl methyl sites for hydroxylation is 1. The summed E-state index contributed by atoms with van der Waals surface area (Å²) in [4.78, 5) is 11.9. The zero-order valence-electron chi connectivity index (χ0n) is 12.5. The molecule has 1 atom stereocenters. The molecule has 1 aromatic carbocycles. The van der Waals surface area contributed by atoms with Crippen LogP contribution in [0, 0.1) is 12.8 Å². The van der Waals surface area contributed by atoms with E-state index in [0.717, 1.165) is 37.2 Å². The third-order valence-electron chi connectivity index (χ3n) is 3.65. The van der Waals surface area contributed by atoms with E-state index in [9.17, 15) is 9.90 Å². The normalized spacial score (nSPS) is 17.2. The highest BCUT2D eigenvalue weighted by atomic mass is 16.5. The largest absolute Gasteiger partial charge is 0.491 e. The molecule has 0 saturated carbocycles. The van der Waals surface area contributed by atoms with Crippen molar-refractivity contribution in [2.45, 2.75) is 25.9 Å². The molecule has 21 heavy (non-hydrogen) atoms. The Hall–Kier alpha value is -1.59. The average Bonchev–Trinajstić information content (AvgIpc) is 2.51. The van der Waals surface area contributed by atoms with Crippen molar-refractivity contribution in [2.24, 2.45) is 5.92 Å². The molecule has 0 bridgehead atoms. The first-order chi connectivity index (χ1) is 10.1. The quantitative estimate of drug-likeness (QED) is 0.727. The van der Waals surface area contributed by atoms with Gasteiger partial charge in [0.25, 0.3) is 0 Å². The predicted octanol–water partition coefficient (Wildman–Crippen LogP) is 0.851. The summed E-state index contributed by atoms with van der Waals surface area (Å²) in [6.45, 7) is 4.17. The van der Waals surface area contributed by atoms with Gasteiger partial charge in [-0.2, -0.15) is 0 Å². The fraction of sp³-hybridized carbons (Fsp3) is 0.562. The Morgan fingerprint density at radius 2 is 2.24 bits per heavy atom. The van der Waals surface area contributed by atoms with E-state index in [2.05, 4.69) is 10.6 Å². The van der Waals surface area contributed by atoms with Crippen LogP contribution in [0.1, 0.15) is 18.4 Å². The molecule has 1 saturated heterocycles. The first-order valence-corrected chi connectivity index (χ1v) is 7.51. The second-order valence-corrected chi connectivity index (χ2v) is 5.55. The molecule has 2 rings (SSSR count). The lowest BCUT2D eigenvalue weighted by Crippen LogP contribution is -2.42. The fourth-order valence-electron chi connectivity index (χ4n) is 2.40. The summed E-state index contributed by atoms with van der Waals surface area (Å²) in [5.41, 5.74) is 1.11. The predicted molar refractivity (Wildman–Crippen MR) is 81.3 cm³/mol. The zero-order chi connectivity index (χ0) is 15.1. The van der Waals surface area contributed by atoms with Gasteiger partial charge in [-0.05, 0) is 50.6 Å². The Bertz CT molecular complexity index is 459. The number of carbonyl (C=O) groups excluding carboxylic acids is 1. The van der Waals surface area contributed by atoms with Gasteiger partial charge in [-0.15, -0.1) is 0 Å². The molecular formula is C16H24N2O3. The first kappa shape index (κ1) is 15.8. The molecule has 0 aliphatic carbocycles. The van der Waals surface area contributed by atoms with Crippen LogP contribution in [0.15, 0.2) is 24.3 Å². The van der Waals surface area contributed by atoms with E-state index >= 15 is 0 Å². The maximum Gasteiger partial charge on any atom is 0.223 e. The third kappa shape index (κ3) is 5.36. The molecule has 1 aliphatic heterocycles. The minimum absolute atomic E-state index is 0.0334. The van der Waals surface area contributed by atoms with Crippen LogP contribution in [0.2, 0.25) is 0 Å². The van der Waals surface area contributed by atoms with Crippen molar-refractivity contribution in [3.63, 3.8) is 0 Å².